The number of nitrogens with one attached hydrogen (secondary N) is 2. The molecule has 8 nitrogen and oxygen atoms in total. The second kappa shape index (κ2) is 9.92. The molecule has 0 fully saturated rings. The van der Waals surface area contributed by atoms with Crippen LogP contribution in [0.1, 0.15) is 25.0 Å². The number of nitrogens with zero attached hydrogens (tertiary/aromatic N) is 2. The van der Waals surface area contributed by atoms with Gasteiger partial charge in [-0.15, -0.1) is 0 Å². The lowest BCUT2D eigenvalue weighted by Gasteiger charge is -2.00. The third kappa shape index (κ3) is 7.04. The molecule has 0 atom stereocenters. The van der Waals surface area contributed by atoms with Gasteiger partial charge in [-0.2, -0.15) is 10.2 Å². The zero-order chi connectivity index (χ0) is 16.2. The maximum atomic E-state index is 11.0. The topological polar surface area (TPSA) is 101 Å². The molecule has 0 aliphatic carbocycles. The van der Waals surface area contributed by atoms with Crippen LogP contribution in [0.3, 0.4) is 0 Å². The molecule has 1 rings (SSSR count). The van der Waals surface area contributed by atoms with Crippen LogP contribution < -0.4 is 10.9 Å². The minimum atomic E-state index is -0.616. The van der Waals surface area contributed by atoms with Crippen LogP contribution >= 0.6 is 0 Å². The highest BCUT2D eigenvalue weighted by Crippen LogP contribution is 2.00. The number of amides is 2. The van der Waals surface area contributed by atoms with E-state index in [1.165, 1.54) is 12.4 Å². The molecule has 0 saturated carbocycles. The molecule has 1 aromatic carbocycles. The van der Waals surface area contributed by atoms with Crippen molar-refractivity contribution in [1.29, 1.82) is 0 Å². The summed E-state index contributed by atoms with van der Waals surface area (Å²) >= 11 is 0. The molecule has 0 bridgehead atoms. The van der Waals surface area contributed by atoms with Crippen LogP contribution in [0.4, 0.5) is 9.59 Å². The molecule has 118 valence electrons. The zero-order valence-electron chi connectivity index (χ0n) is 12.4. The summed E-state index contributed by atoms with van der Waals surface area (Å²) in [7, 11) is 0. The number of rotatable bonds is 6. The van der Waals surface area contributed by atoms with Crippen molar-refractivity contribution in [3.8, 4) is 0 Å². The van der Waals surface area contributed by atoms with Crippen molar-refractivity contribution < 1.29 is 19.1 Å². The SMILES string of the molecule is CCOC(=O)N/N=C\c1cccc(/C=N\NC(=O)OCC)c1. The van der Waals surface area contributed by atoms with Crippen LogP contribution in [0.5, 0.6) is 0 Å². The molecular formula is C14H18N4O4. The minimum Gasteiger partial charge on any atom is -0.449 e. The molecule has 2 N–H and O–H groups in total. The normalized spacial score (nSPS) is 10.6. The molecule has 22 heavy (non-hydrogen) atoms. The Bertz CT molecular complexity index is 512. The van der Waals surface area contributed by atoms with Gasteiger partial charge in [0.1, 0.15) is 0 Å². The van der Waals surface area contributed by atoms with Gasteiger partial charge in [-0.05, 0) is 31.0 Å². The predicted molar refractivity (Wildman–Crippen MR) is 81.9 cm³/mol. The van der Waals surface area contributed by atoms with Gasteiger partial charge >= 0.3 is 12.2 Å². The van der Waals surface area contributed by atoms with Gasteiger partial charge in [0.25, 0.3) is 0 Å². The smallest absolute Gasteiger partial charge is 0.427 e. The molecule has 0 spiro atoms. The summed E-state index contributed by atoms with van der Waals surface area (Å²) in [5.41, 5.74) is 5.94. The van der Waals surface area contributed by atoms with Gasteiger partial charge < -0.3 is 9.47 Å². The highest BCUT2D eigenvalue weighted by atomic mass is 16.6. The summed E-state index contributed by atoms with van der Waals surface area (Å²) in [6.45, 7) is 3.97. The minimum absolute atomic E-state index is 0.279. The average Bonchev–Trinajstić information content (AvgIpc) is 2.48. The van der Waals surface area contributed by atoms with Crippen LogP contribution in [0.2, 0.25) is 0 Å². The Kier molecular flexibility index (Phi) is 7.73. The summed E-state index contributed by atoms with van der Waals surface area (Å²) in [5.74, 6) is 0. The van der Waals surface area contributed by atoms with Crippen LogP contribution in [-0.2, 0) is 9.47 Å². The number of hydrogen-bond acceptors (Lipinski definition) is 6. The van der Waals surface area contributed by atoms with Crippen molar-refractivity contribution in [3.63, 3.8) is 0 Å². The highest BCUT2D eigenvalue weighted by Gasteiger charge is 1.97. The van der Waals surface area contributed by atoms with Gasteiger partial charge in [0.2, 0.25) is 0 Å². The molecule has 1 aromatic rings. The van der Waals surface area contributed by atoms with Gasteiger partial charge in [-0.25, -0.2) is 20.4 Å². The van der Waals surface area contributed by atoms with Gasteiger partial charge in [0.15, 0.2) is 0 Å². The van der Waals surface area contributed by atoms with E-state index >= 15 is 0 Å². The van der Waals surface area contributed by atoms with Crippen molar-refractivity contribution in [2.75, 3.05) is 13.2 Å². The van der Waals surface area contributed by atoms with Gasteiger partial charge in [-0.3, -0.25) is 0 Å². The van der Waals surface area contributed by atoms with E-state index in [0.29, 0.717) is 0 Å². The van der Waals surface area contributed by atoms with Crippen molar-refractivity contribution in [1.82, 2.24) is 10.9 Å². The number of hydrogen-bond donors (Lipinski definition) is 2. The van der Waals surface area contributed by atoms with Gasteiger partial charge in [0, 0.05) is 0 Å². The average molecular weight is 306 g/mol. The number of carbonyl (C=O) groups is 2. The first-order chi connectivity index (χ1) is 10.7. The Hall–Kier alpha value is -2.90. The number of benzene rings is 1. The number of hydrazone groups is 2. The fourth-order valence-electron chi connectivity index (χ4n) is 1.37. The van der Waals surface area contributed by atoms with E-state index in [4.69, 9.17) is 0 Å². The zero-order valence-corrected chi connectivity index (χ0v) is 12.4. The molecule has 8 heteroatoms. The molecule has 0 saturated heterocycles. The van der Waals surface area contributed by atoms with E-state index in [1.807, 2.05) is 0 Å². The van der Waals surface area contributed by atoms with E-state index in [9.17, 15) is 9.59 Å². The van der Waals surface area contributed by atoms with Gasteiger partial charge in [-0.1, -0.05) is 18.2 Å². The quantitative estimate of drug-likeness (QED) is 0.618. The Labute approximate surface area is 128 Å². The molecule has 0 radical (unpaired) electrons. The number of ether oxygens (including phenoxy) is 2. The molecular weight excluding hydrogens is 288 g/mol. The van der Waals surface area contributed by atoms with Crippen LogP contribution in [0.25, 0.3) is 0 Å². The molecule has 0 aliphatic heterocycles. The summed E-state index contributed by atoms with van der Waals surface area (Å²) in [4.78, 5) is 22.1. The fraction of sp³-hybridized carbons (Fsp3) is 0.286. The molecule has 0 aromatic heterocycles. The Morgan fingerprint density at radius 3 is 1.86 bits per heavy atom. The van der Waals surface area contributed by atoms with Crippen molar-refractivity contribution in [2.24, 2.45) is 10.2 Å². The van der Waals surface area contributed by atoms with E-state index in [0.717, 1.165) is 11.1 Å². The predicted octanol–water partition coefficient (Wildman–Crippen LogP) is 1.85. The Morgan fingerprint density at radius 2 is 1.45 bits per heavy atom. The first kappa shape index (κ1) is 17.2. The monoisotopic (exact) mass is 306 g/mol. The fourth-order valence-corrected chi connectivity index (χ4v) is 1.37. The van der Waals surface area contributed by atoms with E-state index < -0.39 is 12.2 Å². The van der Waals surface area contributed by atoms with Crippen molar-refractivity contribution in [2.45, 2.75) is 13.8 Å². The second-order valence-corrected chi connectivity index (χ2v) is 3.85. The van der Waals surface area contributed by atoms with Crippen LogP contribution in [0.15, 0.2) is 34.5 Å². The first-order valence-corrected chi connectivity index (χ1v) is 6.67. The lowest BCUT2D eigenvalue weighted by molar-refractivity contribution is 0.152. The molecule has 2 amide bonds. The summed E-state index contributed by atoms with van der Waals surface area (Å²) in [6.07, 6.45) is 1.70. The highest BCUT2D eigenvalue weighted by molar-refractivity contribution is 5.86. The first-order valence-electron chi connectivity index (χ1n) is 6.67. The largest absolute Gasteiger partial charge is 0.449 e. The van der Waals surface area contributed by atoms with E-state index in [-0.39, 0.29) is 13.2 Å². The maximum Gasteiger partial charge on any atom is 0.427 e. The second-order valence-electron chi connectivity index (χ2n) is 3.85. The summed E-state index contributed by atoms with van der Waals surface area (Å²) in [6, 6.07) is 7.16. The Balaban J connectivity index is 2.55. The summed E-state index contributed by atoms with van der Waals surface area (Å²) in [5, 5.41) is 7.50. The lowest BCUT2D eigenvalue weighted by Crippen LogP contribution is -2.18. The third-order valence-electron chi connectivity index (χ3n) is 2.20. The van der Waals surface area contributed by atoms with Gasteiger partial charge in [0.05, 0.1) is 25.6 Å². The molecule has 0 unspecified atom stereocenters. The third-order valence-corrected chi connectivity index (χ3v) is 2.20. The Morgan fingerprint density at radius 1 is 1.00 bits per heavy atom. The van der Waals surface area contributed by atoms with E-state index in [1.54, 1.807) is 38.1 Å². The lowest BCUT2D eigenvalue weighted by atomic mass is 10.1. The molecule has 0 aliphatic rings. The number of carbonyl (C=O) groups excluding carboxylic acids is 2. The molecule has 0 heterocycles. The van der Waals surface area contributed by atoms with Crippen molar-refractivity contribution in [3.05, 3.63) is 35.4 Å². The van der Waals surface area contributed by atoms with Crippen LogP contribution in [0, 0.1) is 0 Å². The maximum absolute atomic E-state index is 11.0. The van der Waals surface area contributed by atoms with Crippen LogP contribution in [-0.4, -0.2) is 37.8 Å². The van der Waals surface area contributed by atoms with E-state index in [2.05, 4.69) is 30.5 Å². The van der Waals surface area contributed by atoms with Crippen molar-refractivity contribution >= 4 is 24.6 Å². The summed E-state index contributed by atoms with van der Waals surface area (Å²) < 4.78 is 9.32. The standard InChI is InChI=1S/C14H18N4O4/c1-3-21-13(19)17-15-9-11-6-5-7-12(8-11)10-16-18-14(20)22-4-2/h5-10H,3-4H2,1-2H3,(H,17,19)(H,18,20)/b15-9-,16-10-.